The first-order valence-corrected chi connectivity index (χ1v) is 4.93. The van der Waals surface area contributed by atoms with Gasteiger partial charge in [-0.3, -0.25) is 0 Å². The van der Waals surface area contributed by atoms with Crippen molar-refractivity contribution in [3.63, 3.8) is 0 Å². The van der Waals surface area contributed by atoms with Gasteiger partial charge >= 0.3 is 0 Å². The maximum absolute atomic E-state index is 8.82. The van der Waals surface area contributed by atoms with E-state index in [4.69, 9.17) is 16.9 Å². The fraction of sp³-hybridized carbons (Fsp3) is 0. The molecule has 1 nitrogen and oxygen atoms in total. The van der Waals surface area contributed by atoms with Crippen LogP contribution in [0.1, 0.15) is 5.56 Å². The van der Waals surface area contributed by atoms with Crippen LogP contribution in [0.3, 0.4) is 0 Å². The van der Waals surface area contributed by atoms with E-state index >= 15 is 0 Å². The zero-order chi connectivity index (χ0) is 10.7. The highest BCUT2D eigenvalue weighted by atomic mass is 35.5. The Morgan fingerprint density at radius 3 is 2.33 bits per heavy atom. The lowest BCUT2D eigenvalue weighted by molar-refractivity contribution is 1.48. The molecule has 0 saturated heterocycles. The number of hydrogen-bond acceptors (Lipinski definition) is 1. The van der Waals surface area contributed by atoms with E-state index in [1.54, 1.807) is 6.07 Å². The number of benzene rings is 2. The Morgan fingerprint density at radius 1 is 0.933 bits per heavy atom. The molecule has 0 heterocycles. The van der Waals surface area contributed by atoms with E-state index < -0.39 is 0 Å². The molecule has 0 fully saturated rings. The van der Waals surface area contributed by atoms with Crippen LogP contribution in [0.2, 0.25) is 5.02 Å². The Balaban J connectivity index is 2.55. The van der Waals surface area contributed by atoms with Crippen molar-refractivity contribution in [2.24, 2.45) is 0 Å². The van der Waals surface area contributed by atoms with Gasteiger partial charge in [0.2, 0.25) is 0 Å². The van der Waals surface area contributed by atoms with Gasteiger partial charge in [0.1, 0.15) is 0 Å². The number of nitriles is 1. The molecule has 0 atom stereocenters. The Hall–Kier alpha value is -1.78. The second kappa shape index (κ2) is 4.16. The summed E-state index contributed by atoms with van der Waals surface area (Å²) in [6.07, 6.45) is 0. The molecule has 2 aromatic carbocycles. The summed E-state index contributed by atoms with van der Waals surface area (Å²) in [5.41, 5.74) is 2.62. The molecule has 2 aromatic rings. The second-order valence-electron chi connectivity index (χ2n) is 3.21. The zero-order valence-electron chi connectivity index (χ0n) is 7.94. The van der Waals surface area contributed by atoms with Crippen LogP contribution in [0.4, 0.5) is 0 Å². The Bertz CT molecular complexity index is 512. The summed E-state index contributed by atoms with van der Waals surface area (Å²) >= 11 is 5.93. The van der Waals surface area contributed by atoms with E-state index in [0.29, 0.717) is 10.6 Å². The third kappa shape index (κ3) is 2.18. The van der Waals surface area contributed by atoms with E-state index in [1.807, 2.05) is 42.5 Å². The summed E-state index contributed by atoms with van der Waals surface area (Å²) in [5, 5.41) is 9.42. The van der Waals surface area contributed by atoms with Gasteiger partial charge in [-0.25, -0.2) is 0 Å². The third-order valence-electron chi connectivity index (χ3n) is 2.13. The molecule has 0 radical (unpaired) electrons. The van der Waals surface area contributed by atoms with Crippen LogP contribution >= 0.6 is 11.6 Å². The van der Waals surface area contributed by atoms with Gasteiger partial charge in [0.15, 0.2) is 0 Å². The fourth-order valence-electron chi connectivity index (χ4n) is 1.45. The summed E-state index contributed by atoms with van der Waals surface area (Å²) < 4.78 is 0. The lowest BCUT2D eigenvalue weighted by Gasteiger charge is -2.02. The van der Waals surface area contributed by atoms with Crippen molar-refractivity contribution in [2.75, 3.05) is 0 Å². The largest absolute Gasteiger partial charge is 0.192 e. The van der Waals surface area contributed by atoms with Crippen molar-refractivity contribution >= 4 is 11.6 Å². The van der Waals surface area contributed by atoms with Gasteiger partial charge < -0.3 is 0 Å². The second-order valence-corrected chi connectivity index (χ2v) is 3.64. The monoisotopic (exact) mass is 213 g/mol. The van der Waals surface area contributed by atoms with Crippen molar-refractivity contribution < 1.29 is 0 Å². The Labute approximate surface area is 93.5 Å². The van der Waals surface area contributed by atoms with Crippen LogP contribution in [-0.2, 0) is 0 Å². The average molecular weight is 214 g/mol. The minimum atomic E-state index is 0.585. The molecule has 2 rings (SSSR count). The predicted octanol–water partition coefficient (Wildman–Crippen LogP) is 3.88. The number of nitrogens with zero attached hydrogens (tertiary/aromatic N) is 1. The minimum Gasteiger partial charge on any atom is -0.192 e. The SMILES string of the molecule is N#Cc1cc(Cl)cc(-c2ccccc2)c1. The molecule has 0 unspecified atom stereocenters. The van der Waals surface area contributed by atoms with Gasteiger partial charge in [0.25, 0.3) is 0 Å². The highest BCUT2D eigenvalue weighted by molar-refractivity contribution is 6.31. The van der Waals surface area contributed by atoms with Crippen molar-refractivity contribution in [3.05, 3.63) is 59.1 Å². The molecule has 72 valence electrons. The van der Waals surface area contributed by atoms with Crippen molar-refractivity contribution in [1.82, 2.24) is 0 Å². The summed E-state index contributed by atoms with van der Waals surface area (Å²) in [5.74, 6) is 0. The van der Waals surface area contributed by atoms with Crippen LogP contribution in [0.5, 0.6) is 0 Å². The lowest BCUT2D eigenvalue weighted by Crippen LogP contribution is -1.80. The molecule has 0 spiro atoms. The lowest BCUT2D eigenvalue weighted by atomic mass is 10.0. The van der Waals surface area contributed by atoms with E-state index in [-0.39, 0.29) is 0 Å². The Morgan fingerprint density at radius 2 is 1.67 bits per heavy atom. The fourth-order valence-corrected chi connectivity index (χ4v) is 1.69. The topological polar surface area (TPSA) is 23.8 Å². The van der Waals surface area contributed by atoms with Crippen LogP contribution in [0, 0.1) is 11.3 Å². The Kier molecular flexibility index (Phi) is 2.71. The molecule has 0 aromatic heterocycles. The predicted molar refractivity (Wildman–Crippen MR) is 61.6 cm³/mol. The molecular weight excluding hydrogens is 206 g/mol. The van der Waals surface area contributed by atoms with E-state index in [9.17, 15) is 0 Å². The minimum absolute atomic E-state index is 0.585. The first kappa shape index (κ1) is 9.76. The molecule has 0 bridgehead atoms. The zero-order valence-corrected chi connectivity index (χ0v) is 8.70. The standard InChI is InChI=1S/C13H8ClN/c14-13-7-10(9-15)6-12(8-13)11-4-2-1-3-5-11/h1-8H. The molecule has 2 heteroatoms. The van der Waals surface area contributed by atoms with Gasteiger partial charge in [-0.05, 0) is 29.3 Å². The van der Waals surface area contributed by atoms with Crippen molar-refractivity contribution in [3.8, 4) is 17.2 Å². The molecule has 0 aliphatic carbocycles. The summed E-state index contributed by atoms with van der Waals surface area (Å²) in [6.45, 7) is 0. The first-order chi connectivity index (χ1) is 7.29. The number of hydrogen-bond donors (Lipinski definition) is 0. The summed E-state index contributed by atoms with van der Waals surface area (Å²) in [7, 11) is 0. The number of halogens is 1. The summed E-state index contributed by atoms with van der Waals surface area (Å²) in [4.78, 5) is 0. The summed E-state index contributed by atoms with van der Waals surface area (Å²) in [6, 6.07) is 17.3. The van der Waals surface area contributed by atoms with Crippen LogP contribution < -0.4 is 0 Å². The first-order valence-electron chi connectivity index (χ1n) is 4.56. The third-order valence-corrected chi connectivity index (χ3v) is 2.35. The van der Waals surface area contributed by atoms with Crippen LogP contribution in [0.15, 0.2) is 48.5 Å². The maximum Gasteiger partial charge on any atom is 0.0992 e. The molecule has 0 saturated carbocycles. The normalized spacial score (nSPS) is 9.60. The number of rotatable bonds is 1. The van der Waals surface area contributed by atoms with Gasteiger partial charge in [-0.1, -0.05) is 41.9 Å². The van der Waals surface area contributed by atoms with Crippen LogP contribution in [-0.4, -0.2) is 0 Å². The van der Waals surface area contributed by atoms with Crippen LogP contribution in [0.25, 0.3) is 11.1 Å². The average Bonchev–Trinajstić information content (AvgIpc) is 2.29. The van der Waals surface area contributed by atoms with Gasteiger partial charge in [-0.2, -0.15) is 5.26 Å². The smallest absolute Gasteiger partial charge is 0.0992 e. The molecule has 0 aliphatic heterocycles. The van der Waals surface area contributed by atoms with Gasteiger partial charge in [0.05, 0.1) is 11.6 Å². The van der Waals surface area contributed by atoms with Gasteiger partial charge in [-0.15, -0.1) is 0 Å². The maximum atomic E-state index is 8.82. The van der Waals surface area contributed by atoms with Crippen molar-refractivity contribution in [2.45, 2.75) is 0 Å². The van der Waals surface area contributed by atoms with Gasteiger partial charge in [0, 0.05) is 5.02 Å². The van der Waals surface area contributed by atoms with Crippen molar-refractivity contribution in [1.29, 1.82) is 5.26 Å². The molecule has 0 N–H and O–H groups in total. The van der Waals surface area contributed by atoms with E-state index in [0.717, 1.165) is 11.1 Å². The quantitative estimate of drug-likeness (QED) is 0.705. The highest BCUT2D eigenvalue weighted by Gasteiger charge is 2.00. The van der Waals surface area contributed by atoms with E-state index in [2.05, 4.69) is 6.07 Å². The molecule has 0 amide bonds. The molecule has 15 heavy (non-hydrogen) atoms. The highest BCUT2D eigenvalue weighted by Crippen LogP contribution is 2.24. The molecular formula is C13H8ClN. The van der Waals surface area contributed by atoms with E-state index in [1.165, 1.54) is 0 Å². The molecule has 0 aliphatic rings.